The number of carbonyl (C=O) groups is 1. The zero-order valence-electron chi connectivity index (χ0n) is 9.20. The molecule has 0 saturated heterocycles. The van der Waals surface area contributed by atoms with Crippen LogP contribution >= 0.6 is 11.3 Å². The van der Waals surface area contributed by atoms with Crippen LogP contribution in [0.2, 0.25) is 0 Å². The highest BCUT2D eigenvalue weighted by Gasteiger charge is 2.10. The SMILES string of the molecule is Cc1nc(NCCC(C)C(=O)O)sc1C. The number of carboxylic acid groups (broad SMARTS) is 1. The Hall–Kier alpha value is -1.10. The van der Waals surface area contributed by atoms with Gasteiger partial charge in [-0.25, -0.2) is 4.98 Å². The normalized spacial score (nSPS) is 12.5. The van der Waals surface area contributed by atoms with E-state index in [1.165, 1.54) is 4.88 Å². The van der Waals surface area contributed by atoms with E-state index < -0.39 is 5.97 Å². The second-order valence-electron chi connectivity index (χ2n) is 3.62. The number of aryl methyl sites for hydroxylation is 2. The van der Waals surface area contributed by atoms with Crippen molar-refractivity contribution in [2.75, 3.05) is 11.9 Å². The molecular formula is C10H16N2O2S. The van der Waals surface area contributed by atoms with Gasteiger partial charge in [0.15, 0.2) is 5.13 Å². The van der Waals surface area contributed by atoms with E-state index in [2.05, 4.69) is 10.3 Å². The fraction of sp³-hybridized carbons (Fsp3) is 0.600. The number of thiazole rings is 1. The molecule has 1 heterocycles. The molecule has 0 aliphatic carbocycles. The van der Waals surface area contributed by atoms with Crippen LogP contribution in [0.4, 0.5) is 5.13 Å². The second kappa shape index (κ2) is 5.11. The molecule has 0 aromatic carbocycles. The number of hydrogen-bond acceptors (Lipinski definition) is 4. The number of aromatic nitrogens is 1. The van der Waals surface area contributed by atoms with Crippen LogP contribution in [-0.4, -0.2) is 22.6 Å². The zero-order chi connectivity index (χ0) is 11.4. The number of aliphatic carboxylic acids is 1. The standard InChI is InChI=1S/C10H16N2O2S/c1-6(9(13)14)4-5-11-10-12-7(2)8(3)15-10/h6H,4-5H2,1-3H3,(H,11,12)(H,13,14). The summed E-state index contributed by atoms with van der Waals surface area (Å²) >= 11 is 1.60. The Balaban J connectivity index is 2.35. The van der Waals surface area contributed by atoms with Gasteiger partial charge in [-0.1, -0.05) is 6.92 Å². The highest BCUT2D eigenvalue weighted by molar-refractivity contribution is 7.15. The average molecular weight is 228 g/mol. The lowest BCUT2D eigenvalue weighted by Gasteiger charge is -2.05. The molecule has 84 valence electrons. The van der Waals surface area contributed by atoms with Crippen molar-refractivity contribution < 1.29 is 9.90 Å². The second-order valence-corrected chi connectivity index (χ2v) is 4.82. The molecule has 0 bridgehead atoms. The Morgan fingerprint density at radius 3 is 2.73 bits per heavy atom. The summed E-state index contributed by atoms with van der Waals surface area (Å²) in [5.74, 6) is -1.05. The summed E-state index contributed by atoms with van der Waals surface area (Å²) in [5, 5.41) is 12.7. The minimum atomic E-state index is -0.747. The minimum Gasteiger partial charge on any atom is -0.481 e. The maximum absolute atomic E-state index is 10.6. The molecule has 5 heteroatoms. The molecule has 0 aliphatic heterocycles. The summed E-state index contributed by atoms with van der Waals surface area (Å²) < 4.78 is 0. The van der Waals surface area contributed by atoms with Gasteiger partial charge >= 0.3 is 5.97 Å². The third kappa shape index (κ3) is 3.51. The molecule has 0 amide bonds. The largest absolute Gasteiger partial charge is 0.481 e. The van der Waals surface area contributed by atoms with Crippen molar-refractivity contribution in [1.82, 2.24) is 4.98 Å². The molecule has 1 atom stereocenters. The molecule has 0 aliphatic rings. The predicted octanol–water partition coefficient (Wildman–Crippen LogP) is 2.28. The van der Waals surface area contributed by atoms with Crippen molar-refractivity contribution in [3.8, 4) is 0 Å². The molecular weight excluding hydrogens is 212 g/mol. The van der Waals surface area contributed by atoms with Crippen LogP contribution in [0.15, 0.2) is 0 Å². The monoisotopic (exact) mass is 228 g/mol. The first-order valence-corrected chi connectivity index (χ1v) is 5.73. The number of carboxylic acids is 1. The van der Waals surface area contributed by atoms with E-state index in [4.69, 9.17) is 5.11 Å². The minimum absolute atomic E-state index is 0.306. The predicted molar refractivity (Wildman–Crippen MR) is 61.5 cm³/mol. The van der Waals surface area contributed by atoms with Gasteiger partial charge < -0.3 is 10.4 Å². The summed E-state index contributed by atoms with van der Waals surface area (Å²) in [5.41, 5.74) is 1.04. The van der Waals surface area contributed by atoms with Gasteiger partial charge in [0.05, 0.1) is 11.6 Å². The lowest BCUT2D eigenvalue weighted by atomic mass is 10.1. The summed E-state index contributed by atoms with van der Waals surface area (Å²) in [6.45, 7) is 6.36. The van der Waals surface area contributed by atoms with E-state index in [1.54, 1.807) is 18.3 Å². The third-order valence-corrected chi connectivity index (χ3v) is 3.33. The molecule has 1 aromatic rings. The van der Waals surface area contributed by atoms with Crippen LogP contribution in [-0.2, 0) is 4.79 Å². The van der Waals surface area contributed by atoms with Gasteiger partial charge in [-0.15, -0.1) is 11.3 Å². The summed E-state index contributed by atoms with van der Waals surface area (Å²) in [6.07, 6.45) is 0.618. The van der Waals surface area contributed by atoms with E-state index in [1.807, 2.05) is 13.8 Å². The summed E-state index contributed by atoms with van der Waals surface area (Å²) in [4.78, 5) is 16.1. The first kappa shape index (κ1) is 12.0. The first-order chi connectivity index (χ1) is 7.00. The van der Waals surface area contributed by atoms with Gasteiger partial charge in [-0.2, -0.15) is 0 Å². The Kier molecular flexibility index (Phi) is 4.08. The smallest absolute Gasteiger partial charge is 0.306 e. The molecule has 1 rings (SSSR count). The molecule has 1 aromatic heterocycles. The summed E-state index contributed by atoms with van der Waals surface area (Å²) in [7, 11) is 0. The Bertz CT molecular complexity index is 330. The quantitative estimate of drug-likeness (QED) is 0.811. The van der Waals surface area contributed by atoms with E-state index in [-0.39, 0.29) is 5.92 Å². The van der Waals surface area contributed by atoms with E-state index in [0.29, 0.717) is 13.0 Å². The number of nitrogens with zero attached hydrogens (tertiary/aromatic N) is 1. The van der Waals surface area contributed by atoms with Gasteiger partial charge in [0.2, 0.25) is 0 Å². The van der Waals surface area contributed by atoms with Gasteiger partial charge in [-0.05, 0) is 20.3 Å². The Morgan fingerprint density at radius 1 is 1.60 bits per heavy atom. The average Bonchev–Trinajstić information content (AvgIpc) is 2.46. The third-order valence-electron chi connectivity index (χ3n) is 2.30. The van der Waals surface area contributed by atoms with Crippen molar-refractivity contribution in [3.05, 3.63) is 10.6 Å². The highest BCUT2D eigenvalue weighted by Crippen LogP contribution is 2.21. The molecule has 15 heavy (non-hydrogen) atoms. The van der Waals surface area contributed by atoms with Crippen molar-refractivity contribution >= 4 is 22.4 Å². The molecule has 0 spiro atoms. The van der Waals surface area contributed by atoms with Gasteiger partial charge in [0, 0.05) is 11.4 Å². The van der Waals surface area contributed by atoms with Crippen LogP contribution in [0, 0.1) is 19.8 Å². The number of anilines is 1. The van der Waals surface area contributed by atoms with E-state index in [0.717, 1.165) is 10.8 Å². The van der Waals surface area contributed by atoms with Crippen molar-refractivity contribution in [2.24, 2.45) is 5.92 Å². The van der Waals surface area contributed by atoms with Crippen LogP contribution < -0.4 is 5.32 Å². The molecule has 2 N–H and O–H groups in total. The van der Waals surface area contributed by atoms with Crippen molar-refractivity contribution in [2.45, 2.75) is 27.2 Å². The maximum atomic E-state index is 10.6. The van der Waals surface area contributed by atoms with Crippen LogP contribution in [0.25, 0.3) is 0 Å². The zero-order valence-corrected chi connectivity index (χ0v) is 10.0. The number of rotatable bonds is 5. The van der Waals surface area contributed by atoms with Crippen LogP contribution in [0.3, 0.4) is 0 Å². The molecule has 4 nitrogen and oxygen atoms in total. The van der Waals surface area contributed by atoms with Gasteiger partial charge in [0.1, 0.15) is 0 Å². The maximum Gasteiger partial charge on any atom is 0.306 e. The molecule has 0 saturated carbocycles. The molecule has 0 fully saturated rings. The Labute approximate surface area is 93.4 Å². The molecule has 1 unspecified atom stereocenters. The lowest BCUT2D eigenvalue weighted by Crippen LogP contribution is -2.14. The van der Waals surface area contributed by atoms with Crippen molar-refractivity contribution in [1.29, 1.82) is 0 Å². The topological polar surface area (TPSA) is 62.2 Å². The summed E-state index contributed by atoms with van der Waals surface area (Å²) in [6, 6.07) is 0. The number of nitrogens with one attached hydrogen (secondary N) is 1. The highest BCUT2D eigenvalue weighted by atomic mass is 32.1. The van der Waals surface area contributed by atoms with Crippen LogP contribution in [0.1, 0.15) is 23.9 Å². The van der Waals surface area contributed by atoms with Crippen molar-refractivity contribution in [3.63, 3.8) is 0 Å². The first-order valence-electron chi connectivity index (χ1n) is 4.91. The van der Waals surface area contributed by atoms with Crippen LogP contribution in [0.5, 0.6) is 0 Å². The fourth-order valence-corrected chi connectivity index (χ4v) is 1.91. The lowest BCUT2D eigenvalue weighted by molar-refractivity contribution is -0.141. The molecule has 0 radical (unpaired) electrons. The van der Waals surface area contributed by atoms with E-state index >= 15 is 0 Å². The van der Waals surface area contributed by atoms with Gasteiger partial charge in [-0.3, -0.25) is 4.79 Å². The van der Waals surface area contributed by atoms with E-state index in [9.17, 15) is 4.79 Å². The Morgan fingerprint density at radius 2 is 2.27 bits per heavy atom. The van der Waals surface area contributed by atoms with Gasteiger partial charge in [0.25, 0.3) is 0 Å². The number of hydrogen-bond donors (Lipinski definition) is 2. The fourth-order valence-electron chi connectivity index (χ4n) is 1.07.